The van der Waals surface area contributed by atoms with Crippen molar-refractivity contribution in [3.05, 3.63) is 51.1 Å². The van der Waals surface area contributed by atoms with Gasteiger partial charge in [0, 0.05) is 0 Å². The smallest absolute Gasteiger partial charge is 0.358 e. The molecule has 0 radical (unpaired) electrons. The highest BCUT2D eigenvalue weighted by molar-refractivity contribution is 9.10. The van der Waals surface area contributed by atoms with Crippen molar-refractivity contribution in [1.29, 1.82) is 0 Å². The summed E-state index contributed by atoms with van der Waals surface area (Å²) in [4.78, 5) is 18.1. The number of carbonyl (C=O) groups is 1. The molecular weight excluding hydrogens is 416 g/mol. The van der Waals surface area contributed by atoms with Crippen LogP contribution in [0.15, 0.2) is 34.1 Å². The molecule has 0 spiro atoms. The zero-order chi connectivity index (χ0) is 18.3. The number of nitrogens with zero attached hydrogens (tertiary/aromatic N) is 2. The molecule has 4 rings (SSSR count). The van der Waals surface area contributed by atoms with Gasteiger partial charge in [-0.25, -0.2) is 9.78 Å². The zero-order valence-electron chi connectivity index (χ0n) is 14.4. The van der Waals surface area contributed by atoms with Crippen LogP contribution >= 0.6 is 27.3 Å². The van der Waals surface area contributed by atoms with Gasteiger partial charge in [-0.2, -0.15) is 0 Å². The maximum Gasteiger partial charge on any atom is 0.358 e. The van der Waals surface area contributed by atoms with Crippen LogP contribution in [0.4, 0.5) is 0 Å². The maximum absolute atomic E-state index is 12.5. The minimum Gasteiger partial charge on any atom is -0.496 e. The van der Waals surface area contributed by atoms with Crippen LogP contribution in [0.25, 0.3) is 16.4 Å². The summed E-state index contributed by atoms with van der Waals surface area (Å²) in [6, 6.07) is 8.08. The van der Waals surface area contributed by atoms with E-state index in [-0.39, 0.29) is 5.97 Å². The third-order valence-electron chi connectivity index (χ3n) is 4.41. The normalized spacial score (nSPS) is 12.4. The number of halogens is 1. The molecule has 1 aromatic carbocycles. The standard InChI is InChI=1S/C19H17BrN2O3S/c1-3-25-19(23)17-13-7-6-11-9-15(24-2)12(20)10-14(11)22(13)18(21-17)16-5-4-8-26-16/h4-5,8-10H,3,6-7H2,1-2H3. The fourth-order valence-corrected chi connectivity index (χ4v) is 4.48. The van der Waals surface area contributed by atoms with Gasteiger partial charge in [0.1, 0.15) is 5.75 Å². The summed E-state index contributed by atoms with van der Waals surface area (Å²) in [5, 5.41) is 2.01. The molecule has 3 heterocycles. The number of hydrogen-bond donors (Lipinski definition) is 0. The van der Waals surface area contributed by atoms with Crippen molar-refractivity contribution in [2.75, 3.05) is 13.7 Å². The number of benzene rings is 1. The van der Waals surface area contributed by atoms with Gasteiger partial charge in [0.05, 0.1) is 34.4 Å². The van der Waals surface area contributed by atoms with Crippen molar-refractivity contribution < 1.29 is 14.3 Å². The van der Waals surface area contributed by atoms with Gasteiger partial charge in [-0.05, 0) is 64.8 Å². The summed E-state index contributed by atoms with van der Waals surface area (Å²) < 4.78 is 13.6. The fourth-order valence-electron chi connectivity index (χ4n) is 3.28. The molecule has 0 unspecified atom stereocenters. The van der Waals surface area contributed by atoms with E-state index in [2.05, 4.69) is 25.5 Å². The van der Waals surface area contributed by atoms with E-state index in [0.717, 1.165) is 45.1 Å². The SMILES string of the molecule is CCOC(=O)c1nc(-c2cccs2)n2c1CCc1cc(OC)c(Br)cc1-2. The molecule has 0 saturated heterocycles. The number of methoxy groups -OCH3 is 1. The van der Waals surface area contributed by atoms with Crippen molar-refractivity contribution in [2.45, 2.75) is 19.8 Å². The van der Waals surface area contributed by atoms with E-state index in [0.29, 0.717) is 12.3 Å². The number of rotatable bonds is 4. The Morgan fingerprint density at radius 2 is 2.23 bits per heavy atom. The van der Waals surface area contributed by atoms with E-state index >= 15 is 0 Å². The van der Waals surface area contributed by atoms with Crippen molar-refractivity contribution in [2.24, 2.45) is 0 Å². The predicted molar refractivity (Wildman–Crippen MR) is 104 cm³/mol. The van der Waals surface area contributed by atoms with Crippen molar-refractivity contribution in [1.82, 2.24) is 9.55 Å². The lowest BCUT2D eigenvalue weighted by Crippen LogP contribution is -2.16. The predicted octanol–water partition coefficient (Wildman–Crippen LogP) is 4.65. The topological polar surface area (TPSA) is 53.3 Å². The molecule has 0 N–H and O–H groups in total. The molecule has 0 atom stereocenters. The number of fused-ring (bicyclic) bond motifs is 3. The molecule has 7 heteroatoms. The number of aryl methyl sites for hydroxylation is 1. The number of thiophene rings is 1. The van der Waals surface area contributed by atoms with Crippen LogP contribution in [0.2, 0.25) is 0 Å². The lowest BCUT2D eigenvalue weighted by molar-refractivity contribution is 0.0518. The van der Waals surface area contributed by atoms with E-state index in [1.54, 1.807) is 25.4 Å². The van der Waals surface area contributed by atoms with Gasteiger partial charge in [0.25, 0.3) is 0 Å². The Labute approximate surface area is 163 Å². The second-order valence-electron chi connectivity index (χ2n) is 5.88. The third kappa shape index (κ3) is 2.75. The minimum absolute atomic E-state index is 0.332. The fraction of sp³-hybridized carbons (Fsp3) is 0.263. The van der Waals surface area contributed by atoms with Crippen LogP contribution in [-0.4, -0.2) is 29.2 Å². The second-order valence-corrected chi connectivity index (χ2v) is 7.68. The van der Waals surface area contributed by atoms with Crippen LogP contribution in [0.5, 0.6) is 5.75 Å². The van der Waals surface area contributed by atoms with Gasteiger partial charge in [0.2, 0.25) is 0 Å². The monoisotopic (exact) mass is 432 g/mol. The van der Waals surface area contributed by atoms with Gasteiger partial charge >= 0.3 is 5.97 Å². The van der Waals surface area contributed by atoms with E-state index in [4.69, 9.17) is 9.47 Å². The van der Waals surface area contributed by atoms with Crippen LogP contribution in [0, 0.1) is 0 Å². The van der Waals surface area contributed by atoms with Crippen LogP contribution < -0.4 is 4.74 Å². The third-order valence-corrected chi connectivity index (χ3v) is 5.89. The zero-order valence-corrected chi connectivity index (χ0v) is 16.8. The number of hydrogen-bond acceptors (Lipinski definition) is 5. The molecule has 1 aliphatic rings. The van der Waals surface area contributed by atoms with Gasteiger partial charge in [-0.3, -0.25) is 4.57 Å². The first-order valence-electron chi connectivity index (χ1n) is 8.33. The molecule has 2 aromatic heterocycles. The minimum atomic E-state index is -0.366. The Hall–Kier alpha value is -2.12. The Morgan fingerprint density at radius 3 is 2.92 bits per heavy atom. The van der Waals surface area contributed by atoms with E-state index < -0.39 is 0 Å². The number of imidazole rings is 1. The van der Waals surface area contributed by atoms with E-state index in [1.807, 2.05) is 29.6 Å². The molecule has 3 aromatic rings. The molecule has 0 saturated carbocycles. The largest absolute Gasteiger partial charge is 0.496 e. The van der Waals surface area contributed by atoms with Gasteiger partial charge < -0.3 is 9.47 Å². The first-order chi connectivity index (χ1) is 12.6. The molecule has 1 aliphatic heterocycles. The summed E-state index contributed by atoms with van der Waals surface area (Å²) in [6.45, 7) is 2.14. The Bertz CT molecular complexity index is 979. The number of carbonyl (C=O) groups excluding carboxylic acids is 1. The summed E-state index contributed by atoms with van der Waals surface area (Å²) >= 11 is 5.18. The maximum atomic E-state index is 12.5. The average Bonchev–Trinajstić information content (AvgIpc) is 3.28. The highest BCUT2D eigenvalue weighted by Crippen LogP contribution is 2.39. The Morgan fingerprint density at radius 1 is 1.38 bits per heavy atom. The van der Waals surface area contributed by atoms with E-state index in [9.17, 15) is 4.79 Å². The van der Waals surface area contributed by atoms with E-state index in [1.165, 1.54) is 5.56 Å². The van der Waals surface area contributed by atoms with Crippen molar-refractivity contribution in [3.63, 3.8) is 0 Å². The highest BCUT2D eigenvalue weighted by atomic mass is 79.9. The summed E-state index contributed by atoms with van der Waals surface area (Å²) in [6.07, 6.45) is 1.55. The molecular formula is C19H17BrN2O3S. The summed E-state index contributed by atoms with van der Waals surface area (Å²) in [7, 11) is 1.66. The highest BCUT2D eigenvalue weighted by Gasteiger charge is 2.29. The molecule has 0 amide bonds. The van der Waals surface area contributed by atoms with Crippen LogP contribution in [-0.2, 0) is 17.6 Å². The molecule has 0 bridgehead atoms. The van der Waals surface area contributed by atoms with Gasteiger partial charge in [-0.15, -0.1) is 11.3 Å². The number of ether oxygens (including phenoxy) is 2. The van der Waals surface area contributed by atoms with Crippen molar-refractivity contribution in [3.8, 4) is 22.1 Å². The Kier molecular flexibility index (Phi) is 4.58. The van der Waals surface area contributed by atoms with Crippen molar-refractivity contribution >= 4 is 33.2 Å². The number of aromatic nitrogens is 2. The average molecular weight is 433 g/mol. The molecule has 0 aliphatic carbocycles. The quantitative estimate of drug-likeness (QED) is 0.563. The van der Waals surface area contributed by atoms with Gasteiger partial charge in [0.15, 0.2) is 11.5 Å². The van der Waals surface area contributed by atoms with Crippen LogP contribution in [0.1, 0.15) is 28.7 Å². The first kappa shape index (κ1) is 17.3. The van der Waals surface area contributed by atoms with Gasteiger partial charge in [-0.1, -0.05) is 6.07 Å². The summed E-state index contributed by atoms with van der Waals surface area (Å²) in [5.74, 6) is 1.21. The molecule has 26 heavy (non-hydrogen) atoms. The lowest BCUT2D eigenvalue weighted by atomic mass is 10.00. The lowest BCUT2D eigenvalue weighted by Gasteiger charge is -2.22. The van der Waals surface area contributed by atoms with Crippen LogP contribution in [0.3, 0.4) is 0 Å². The molecule has 134 valence electrons. The molecule has 0 fully saturated rings. The second kappa shape index (κ2) is 6.89. The summed E-state index contributed by atoms with van der Waals surface area (Å²) in [5.41, 5.74) is 3.50. The number of esters is 1. The molecule has 5 nitrogen and oxygen atoms in total. The Balaban J connectivity index is 1.96. The first-order valence-corrected chi connectivity index (χ1v) is 10.0.